The molecule has 0 unspecified atom stereocenters. The van der Waals surface area contributed by atoms with Gasteiger partial charge in [-0.3, -0.25) is 0 Å². The van der Waals surface area contributed by atoms with Gasteiger partial charge >= 0.3 is 5.97 Å². The van der Waals surface area contributed by atoms with Crippen molar-refractivity contribution in [2.75, 3.05) is 0 Å². The molecule has 0 atom stereocenters. The van der Waals surface area contributed by atoms with Crippen LogP contribution in [0.4, 0.5) is 0 Å². The SMILES string of the molecule is C=C(C)Cc1c(C(=O)O)c2c(n1-c1ccc(O)cc1)C=CCC2. The Morgan fingerprint density at radius 1 is 1.30 bits per heavy atom. The van der Waals surface area contributed by atoms with E-state index in [0.29, 0.717) is 12.0 Å². The van der Waals surface area contributed by atoms with Crippen LogP contribution in [0.3, 0.4) is 0 Å². The lowest BCUT2D eigenvalue weighted by Crippen LogP contribution is -2.07. The average Bonchev–Trinajstić information content (AvgIpc) is 2.81. The molecule has 3 rings (SSSR count). The van der Waals surface area contributed by atoms with Gasteiger partial charge in [-0.1, -0.05) is 18.2 Å². The van der Waals surface area contributed by atoms with E-state index in [2.05, 4.69) is 12.7 Å². The van der Waals surface area contributed by atoms with Gasteiger partial charge in [0.2, 0.25) is 0 Å². The number of fused-ring (bicyclic) bond motifs is 1. The summed E-state index contributed by atoms with van der Waals surface area (Å²) in [7, 11) is 0. The number of carbonyl (C=O) groups is 1. The molecular weight excluding hydrogens is 290 g/mol. The van der Waals surface area contributed by atoms with Gasteiger partial charge in [0, 0.05) is 23.5 Å². The highest BCUT2D eigenvalue weighted by molar-refractivity contribution is 5.93. The maximum atomic E-state index is 11.9. The van der Waals surface area contributed by atoms with Crippen LogP contribution in [0.25, 0.3) is 11.8 Å². The highest BCUT2D eigenvalue weighted by atomic mass is 16.4. The Labute approximate surface area is 135 Å². The topological polar surface area (TPSA) is 62.5 Å². The second-order valence-corrected chi connectivity index (χ2v) is 5.92. The van der Waals surface area contributed by atoms with Gasteiger partial charge in [0.1, 0.15) is 5.75 Å². The van der Waals surface area contributed by atoms with Gasteiger partial charge in [0.05, 0.1) is 5.56 Å². The zero-order chi connectivity index (χ0) is 16.6. The van der Waals surface area contributed by atoms with Crippen LogP contribution in [0.2, 0.25) is 0 Å². The van der Waals surface area contributed by atoms with Crippen LogP contribution in [0.1, 0.15) is 40.7 Å². The molecule has 4 heteroatoms. The van der Waals surface area contributed by atoms with E-state index in [4.69, 9.17) is 0 Å². The van der Waals surface area contributed by atoms with Crippen LogP contribution in [0, 0.1) is 0 Å². The van der Waals surface area contributed by atoms with E-state index in [-0.39, 0.29) is 5.75 Å². The lowest BCUT2D eigenvalue weighted by atomic mass is 9.98. The van der Waals surface area contributed by atoms with E-state index in [1.54, 1.807) is 24.3 Å². The molecule has 0 saturated carbocycles. The van der Waals surface area contributed by atoms with Crippen molar-refractivity contribution in [2.45, 2.75) is 26.2 Å². The number of aromatic carboxylic acids is 1. The number of aromatic nitrogens is 1. The normalized spacial score (nSPS) is 12.9. The Balaban J connectivity index is 2.32. The second-order valence-electron chi connectivity index (χ2n) is 5.92. The van der Waals surface area contributed by atoms with Crippen LogP contribution in [0.5, 0.6) is 5.75 Å². The van der Waals surface area contributed by atoms with Crippen LogP contribution in [0.15, 0.2) is 42.5 Å². The number of allylic oxidation sites excluding steroid dienone is 2. The van der Waals surface area contributed by atoms with Crippen molar-refractivity contribution in [2.24, 2.45) is 0 Å². The van der Waals surface area contributed by atoms with E-state index < -0.39 is 5.97 Å². The smallest absolute Gasteiger partial charge is 0.337 e. The number of benzene rings is 1. The van der Waals surface area contributed by atoms with E-state index in [9.17, 15) is 15.0 Å². The Hall–Kier alpha value is -2.75. The molecular formula is C19H19NO3. The first kappa shape index (κ1) is 15.2. The van der Waals surface area contributed by atoms with Gasteiger partial charge in [-0.2, -0.15) is 0 Å². The quantitative estimate of drug-likeness (QED) is 0.840. The van der Waals surface area contributed by atoms with E-state index in [1.807, 2.05) is 17.6 Å². The Kier molecular flexibility index (Phi) is 3.82. The number of rotatable bonds is 4. The molecule has 0 spiro atoms. The first-order valence-electron chi connectivity index (χ1n) is 7.59. The van der Waals surface area contributed by atoms with Gasteiger partial charge in [-0.25, -0.2) is 4.79 Å². The fourth-order valence-electron chi connectivity index (χ4n) is 3.15. The number of phenols is 1. The van der Waals surface area contributed by atoms with Crippen LogP contribution in [-0.4, -0.2) is 20.7 Å². The van der Waals surface area contributed by atoms with Gasteiger partial charge in [0.25, 0.3) is 0 Å². The molecule has 2 N–H and O–H groups in total. The van der Waals surface area contributed by atoms with Crippen molar-refractivity contribution in [3.05, 3.63) is 65.0 Å². The standard InChI is InChI=1S/C19H19NO3/c1-12(2)11-17-18(19(22)23)15-5-3-4-6-16(15)20(17)13-7-9-14(21)10-8-13/h4,6-10,21H,1,3,5,11H2,2H3,(H,22,23). The third kappa shape index (κ3) is 2.68. The zero-order valence-corrected chi connectivity index (χ0v) is 13.0. The van der Waals surface area contributed by atoms with Crippen molar-refractivity contribution < 1.29 is 15.0 Å². The number of nitrogens with zero attached hydrogens (tertiary/aromatic N) is 1. The molecule has 1 aliphatic carbocycles. The first-order chi connectivity index (χ1) is 11.0. The summed E-state index contributed by atoms with van der Waals surface area (Å²) in [5, 5.41) is 19.3. The van der Waals surface area contributed by atoms with Crippen molar-refractivity contribution in [3.8, 4) is 11.4 Å². The molecule has 118 valence electrons. The highest BCUT2D eigenvalue weighted by Gasteiger charge is 2.27. The first-order valence-corrected chi connectivity index (χ1v) is 7.59. The van der Waals surface area contributed by atoms with Gasteiger partial charge < -0.3 is 14.8 Å². The fourth-order valence-corrected chi connectivity index (χ4v) is 3.15. The second kappa shape index (κ2) is 5.80. The Morgan fingerprint density at radius 2 is 2.00 bits per heavy atom. The highest BCUT2D eigenvalue weighted by Crippen LogP contribution is 2.33. The molecule has 1 aliphatic rings. The maximum Gasteiger partial charge on any atom is 0.337 e. The summed E-state index contributed by atoms with van der Waals surface area (Å²) in [5.74, 6) is -0.712. The molecule has 0 aliphatic heterocycles. The minimum Gasteiger partial charge on any atom is -0.508 e. The Morgan fingerprint density at radius 3 is 2.61 bits per heavy atom. The van der Waals surface area contributed by atoms with Gasteiger partial charge in [0.15, 0.2) is 0 Å². The predicted molar refractivity (Wildman–Crippen MR) is 90.3 cm³/mol. The fraction of sp³-hybridized carbons (Fsp3) is 0.211. The molecule has 0 bridgehead atoms. The molecule has 0 amide bonds. The van der Waals surface area contributed by atoms with Crippen molar-refractivity contribution in [3.63, 3.8) is 0 Å². The lowest BCUT2D eigenvalue weighted by Gasteiger charge is -2.14. The van der Waals surface area contributed by atoms with Gasteiger partial charge in [-0.15, -0.1) is 0 Å². The molecule has 2 aromatic rings. The maximum absolute atomic E-state index is 11.9. The summed E-state index contributed by atoms with van der Waals surface area (Å²) in [6.45, 7) is 5.84. The predicted octanol–water partition coefficient (Wildman–Crippen LogP) is 3.96. The molecule has 1 aromatic carbocycles. The average molecular weight is 309 g/mol. The summed E-state index contributed by atoms with van der Waals surface area (Å²) in [6, 6.07) is 6.82. The minimum absolute atomic E-state index is 0.185. The molecule has 23 heavy (non-hydrogen) atoms. The third-order valence-electron chi connectivity index (χ3n) is 4.04. The van der Waals surface area contributed by atoms with Crippen molar-refractivity contribution in [1.82, 2.24) is 4.57 Å². The minimum atomic E-state index is -0.898. The Bertz CT molecular complexity index is 810. The van der Waals surface area contributed by atoms with Gasteiger partial charge in [-0.05, 0) is 55.7 Å². The van der Waals surface area contributed by atoms with E-state index in [0.717, 1.165) is 41.1 Å². The van der Waals surface area contributed by atoms with Crippen LogP contribution in [-0.2, 0) is 12.8 Å². The van der Waals surface area contributed by atoms with E-state index >= 15 is 0 Å². The number of carboxylic acids is 1. The summed E-state index contributed by atoms with van der Waals surface area (Å²) in [5.41, 5.74) is 4.67. The molecule has 0 fully saturated rings. The number of hydrogen-bond acceptors (Lipinski definition) is 2. The summed E-state index contributed by atoms with van der Waals surface area (Å²) < 4.78 is 1.97. The molecule has 0 radical (unpaired) electrons. The monoisotopic (exact) mass is 309 g/mol. The lowest BCUT2D eigenvalue weighted by molar-refractivity contribution is 0.0694. The van der Waals surface area contributed by atoms with Crippen LogP contribution >= 0.6 is 0 Å². The number of phenolic OH excluding ortho intramolecular Hbond substituents is 1. The summed E-state index contributed by atoms with van der Waals surface area (Å²) in [6.07, 6.45) is 6.12. The van der Waals surface area contributed by atoms with Crippen molar-refractivity contribution >= 4 is 12.0 Å². The number of aromatic hydroxyl groups is 1. The molecule has 1 aromatic heterocycles. The third-order valence-corrected chi connectivity index (χ3v) is 4.04. The summed E-state index contributed by atoms with van der Waals surface area (Å²) >= 11 is 0. The molecule has 1 heterocycles. The summed E-state index contributed by atoms with van der Waals surface area (Å²) in [4.78, 5) is 11.9. The zero-order valence-electron chi connectivity index (χ0n) is 13.0. The molecule has 4 nitrogen and oxygen atoms in total. The van der Waals surface area contributed by atoms with Crippen LogP contribution < -0.4 is 0 Å². The number of carboxylic acid groups (broad SMARTS) is 1. The van der Waals surface area contributed by atoms with Crippen molar-refractivity contribution in [1.29, 1.82) is 0 Å². The number of hydrogen-bond donors (Lipinski definition) is 2. The largest absolute Gasteiger partial charge is 0.508 e. The molecule has 0 saturated heterocycles. The van der Waals surface area contributed by atoms with E-state index in [1.165, 1.54) is 0 Å².